The smallest absolute Gasteiger partial charge is 0.257 e. The second-order valence-corrected chi connectivity index (χ2v) is 8.56. The van der Waals surface area contributed by atoms with E-state index in [1.54, 1.807) is 11.8 Å². The van der Waals surface area contributed by atoms with Crippen LogP contribution in [0, 0.1) is 5.82 Å². The Kier molecular flexibility index (Phi) is 5.64. The molecular weight excluding hydrogens is 409 g/mol. The minimum atomic E-state index is -0.397. The van der Waals surface area contributed by atoms with Crippen molar-refractivity contribution in [2.45, 2.75) is 23.7 Å². The maximum atomic E-state index is 13.0. The molecule has 148 valence electrons. The van der Waals surface area contributed by atoms with Crippen molar-refractivity contribution in [3.63, 3.8) is 0 Å². The van der Waals surface area contributed by atoms with Crippen LogP contribution in [0.15, 0.2) is 53.4 Å². The lowest BCUT2D eigenvalue weighted by Gasteiger charge is -2.11. The van der Waals surface area contributed by atoms with Gasteiger partial charge in [0.15, 0.2) is 5.13 Å². The fraction of sp³-hybridized carbons (Fsp3) is 0.190. The number of hydrogen-bond acceptors (Lipinski definition) is 5. The van der Waals surface area contributed by atoms with Gasteiger partial charge in [-0.3, -0.25) is 14.9 Å². The zero-order valence-electron chi connectivity index (χ0n) is 15.6. The van der Waals surface area contributed by atoms with Crippen LogP contribution >= 0.6 is 23.1 Å². The molecule has 1 aliphatic carbocycles. The van der Waals surface area contributed by atoms with Crippen molar-refractivity contribution in [1.29, 1.82) is 0 Å². The van der Waals surface area contributed by atoms with E-state index in [0.717, 1.165) is 27.6 Å². The number of amides is 2. The van der Waals surface area contributed by atoms with Crippen LogP contribution in [0.1, 0.15) is 33.3 Å². The van der Waals surface area contributed by atoms with Crippen LogP contribution in [-0.2, 0) is 11.2 Å². The molecular formula is C21H18FN3O2S2. The molecule has 29 heavy (non-hydrogen) atoms. The zero-order valence-corrected chi connectivity index (χ0v) is 17.2. The minimum absolute atomic E-state index is 0.0938. The van der Waals surface area contributed by atoms with Gasteiger partial charge >= 0.3 is 0 Å². The summed E-state index contributed by atoms with van der Waals surface area (Å²) < 4.78 is 13.0. The molecule has 4 rings (SSSR count). The fourth-order valence-electron chi connectivity index (χ4n) is 3.24. The summed E-state index contributed by atoms with van der Waals surface area (Å²) in [6, 6.07) is 13.0. The monoisotopic (exact) mass is 427 g/mol. The molecule has 8 heteroatoms. The van der Waals surface area contributed by atoms with Gasteiger partial charge in [0.05, 0.1) is 11.6 Å². The van der Waals surface area contributed by atoms with Crippen LogP contribution in [0.4, 0.5) is 15.2 Å². The highest BCUT2D eigenvalue weighted by Crippen LogP contribution is 2.39. The molecule has 0 spiro atoms. The molecule has 0 radical (unpaired) electrons. The lowest BCUT2D eigenvalue weighted by Crippen LogP contribution is -2.20. The molecule has 0 bridgehead atoms. The van der Waals surface area contributed by atoms with Gasteiger partial charge in [0.1, 0.15) is 5.82 Å². The average molecular weight is 428 g/mol. The molecule has 2 N–H and O–H groups in total. The number of rotatable bonds is 5. The Hall–Kier alpha value is -2.71. The van der Waals surface area contributed by atoms with Gasteiger partial charge in [-0.1, -0.05) is 6.07 Å². The number of carbonyl (C=O) groups excluding carboxylic acids is 2. The van der Waals surface area contributed by atoms with Crippen LogP contribution in [0.2, 0.25) is 0 Å². The van der Waals surface area contributed by atoms with E-state index in [1.165, 1.54) is 35.6 Å². The van der Waals surface area contributed by atoms with Gasteiger partial charge in [0.25, 0.3) is 5.91 Å². The molecule has 2 aromatic carbocycles. The topological polar surface area (TPSA) is 71.1 Å². The molecule has 5 nitrogen and oxygen atoms in total. The second-order valence-electron chi connectivity index (χ2n) is 6.60. The Bertz CT molecular complexity index is 1070. The van der Waals surface area contributed by atoms with Crippen molar-refractivity contribution in [3.8, 4) is 0 Å². The first-order valence-electron chi connectivity index (χ1n) is 9.05. The Morgan fingerprint density at radius 2 is 1.97 bits per heavy atom. The molecule has 0 saturated heterocycles. The normalized spacial score (nSPS) is 15.0. The van der Waals surface area contributed by atoms with Crippen LogP contribution in [0.5, 0.6) is 0 Å². The first-order valence-corrected chi connectivity index (χ1v) is 11.1. The van der Waals surface area contributed by atoms with Crippen molar-refractivity contribution in [3.05, 3.63) is 70.5 Å². The van der Waals surface area contributed by atoms with E-state index >= 15 is 0 Å². The summed E-state index contributed by atoms with van der Waals surface area (Å²) in [5, 5.41) is 6.16. The van der Waals surface area contributed by atoms with E-state index in [9.17, 15) is 14.0 Å². The van der Waals surface area contributed by atoms with E-state index in [-0.39, 0.29) is 17.7 Å². The first-order chi connectivity index (χ1) is 14.0. The van der Waals surface area contributed by atoms with Gasteiger partial charge in [0, 0.05) is 21.0 Å². The molecule has 1 atom stereocenters. The average Bonchev–Trinajstić information content (AvgIpc) is 3.28. The molecule has 1 aliphatic rings. The van der Waals surface area contributed by atoms with Gasteiger partial charge in [-0.15, -0.1) is 23.1 Å². The van der Waals surface area contributed by atoms with E-state index in [1.807, 2.05) is 30.5 Å². The number of aryl methyl sites for hydroxylation is 1. The fourth-order valence-corrected chi connectivity index (χ4v) is 4.73. The second kappa shape index (κ2) is 8.34. The van der Waals surface area contributed by atoms with E-state index < -0.39 is 5.82 Å². The number of hydrogen-bond donors (Lipinski definition) is 2. The third-order valence-corrected chi connectivity index (χ3v) is 6.47. The SMILES string of the molecule is CSc1cccc(NC(=O)C2CCc3sc(NC(=O)c4ccc(F)cc4)nc32)c1. The van der Waals surface area contributed by atoms with Crippen LogP contribution < -0.4 is 10.6 Å². The van der Waals surface area contributed by atoms with Gasteiger partial charge in [-0.25, -0.2) is 9.37 Å². The lowest BCUT2D eigenvalue weighted by molar-refractivity contribution is -0.117. The summed E-state index contributed by atoms with van der Waals surface area (Å²) >= 11 is 3.00. The van der Waals surface area contributed by atoms with Gasteiger partial charge in [-0.05, 0) is 61.6 Å². The molecule has 3 aromatic rings. The Labute approximate surface area is 175 Å². The third-order valence-electron chi connectivity index (χ3n) is 4.70. The number of nitrogens with one attached hydrogen (secondary N) is 2. The molecule has 0 aliphatic heterocycles. The van der Waals surface area contributed by atoms with Crippen LogP contribution in [0.25, 0.3) is 0 Å². The van der Waals surface area contributed by atoms with Crippen molar-refractivity contribution in [2.75, 3.05) is 16.9 Å². The third kappa shape index (κ3) is 4.33. The highest BCUT2D eigenvalue weighted by atomic mass is 32.2. The summed E-state index contributed by atoms with van der Waals surface area (Å²) in [7, 11) is 0. The maximum Gasteiger partial charge on any atom is 0.257 e. The molecule has 0 saturated carbocycles. The number of halogens is 1. The molecule has 1 unspecified atom stereocenters. The van der Waals surface area contributed by atoms with Gasteiger partial charge in [-0.2, -0.15) is 0 Å². The number of carbonyl (C=O) groups is 2. The Morgan fingerprint density at radius 1 is 1.17 bits per heavy atom. The molecule has 0 fully saturated rings. The standard InChI is InChI=1S/C21H18FN3O2S2/c1-28-15-4-2-3-14(11-15)23-20(27)16-9-10-17-18(16)24-21(29-17)25-19(26)12-5-7-13(22)8-6-12/h2-8,11,16H,9-10H2,1H3,(H,23,27)(H,24,25,26). The Balaban J connectivity index is 1.46. The van der Waals surface area contributed by atoms with Crippen molar-refractivity contribution < 1.29 is 14.0 Å². The number of fused-ring (bicyclic) bond motifs is 1. The summed E-state index contributed by atoms with van der Waals surface area (Å²) in [5.74, 6) is -1.18. The summed E-state index contributed by atoms with van der Waals surface area (Å²) in [4.78, 5) is 31.7. The van der Waals surface area contributed by atoms with E-state index in [4.69, 9.17) is 0 Å². The molecule has 2 amide bonds. The Morgan fingerprint density at radius 3 is 2.72 bits per heavy atom. The van der Waals surface area contributed by atoms with Gasteiger partial charge in [0.2, 0.25) is 5.91 Å². The number of anilines is 2. The summed E-state index contributed by atoms with van der Waals surface area (Å²) in [5.41, 5.74) is 1.84. The van der Waals surface area contributed by atoms with Crippen LogP contribution in [0.3, 0.4) is 0 Å². The molecule has 1 heterocycles. The van der Waals surface area contributed by atoms with Crippen molar-refractivity contribution in [2.24, 2.45) is 0 Å². The van der Waals surface area contributed by atoms with Crippen LogP contribution in [-0.4, -0.2) is 23.1 Å². The minimum Gasteiger partial charge on any atom is -0.325 e. The number of benzene rings is 2. The number of thioether (sulfide) groups is 1. The highest BCUT2D eigenvalue weighted by molar-refractivity contribution is 7.98. The quantitative estimate of drug-likeness (QED) is 0.567. The number of nitrogens with zero attached hydrogens (tertiary/aromatic N) is 1. The lowest BCUT2D eigenvalue weighted by atomic mass is 10.1. The van der Waals surface area contributed by atoms with Gasteiger partial charge < -0.3 is 5.32 Å². The summed E-state index contributed by atoms with van der Waals surface area (Å²) in [6.45, 7) is 0. The first kappa shape index (κ1) is 19.6. The van der Waals surface area contributed by atoms with E-state index in [0.29, 0.717) is 17.1 Å². The predicted octanol–water partition coefficient (Wildman–Crippen LogP) is 4.92. The summed E-state index contributed by atoms with van der Waals surface area (Å²) in [6.07, 6.45) is 3.44. The largest absolute Gasteiger partial charge is 0.325 e. The molecule has 1 aromatic heterocycles. The number of thiazole rings is 1. The van der Waals surface area contributed by atoms with E-state index in [2.05, 4.69) is 15.6 Å². The highest BCUT2D eigenvalue weighted by Gasteiger charge is 2.33. The number of aromatic nitrogens is 1. The van der Waals surface area contributed by atoms with Crippen molar-refractivity contribution >= 4 is 45.7 Å². The zero-order chi connectivity index (χ0) is 20.4. The van der Waals surface area contributed by atoms with Crippen molar-refractivity contribution in [1.82, 2.24) is 4.98 Å². The maximum absolute atomic E-state index is 13.0. The predicted molar refractivity (Wildman–Crippen MR) is 114 cm³/mol.